The Balaban J connectivity index is 1.38. The van der Waals surface area contributed by atoms with Gasteiger partial charge in [0.15, 0.2) is 0 Å². The molecule has 1 aromatic heterocycles. The molecule has 4 aromatic rings. The maximum absolute atomic E-state index is 13.5. The highest BCUT2D eigenvalue weighted by atomic mass is 19.4. The lowest BCUT2D eigenvalue weighted by Crippen LogP contribution is -2.68. The highest BCUT2D eigenvalue weighted by Gasteiger charge is 2.52. The van der Waals surface area contributed by atoms with Crippen LogP contribution in [0.15, 0.2) is 78.9 Å². The van der Waals surface area contributed by atoms with Gasteiger partial charge in [0, 0.05) is 36.7 Å². The zero-order valence-corrected chi connectivity index (χ0v) is 23.4. The van der Waals surface area contributed by atoms with Crippen LogP contribution in [0.25, 0.3) is 5.69 Å². The van der Waals surface area contributed by atoms with Gasteiger partial charge in [-0.1, -0.05) is 60.7 Å². The molecule has 3 aliphatic heterocycles. The smallest absolute Gasteiger partial charge is 0.453 e. The fraction of sp³-hybridized carbons (Fsp3) is 0.355. The minimum Gasteiger partial charge on any atom is -0.496 e. The van der Waals surface area contributed by atoms with Crippen LogP contribution >= 0.6 is 0 Å². The van der Waals surface area contributed by atoms with Crippen LogP contribution < -0.4 is 10.1 Å². The summed E-state index contributed by atoms with van der Waals surface area (Å²) in [4.78, 5) is 14.7. The summed E-state index contributed by atoms with van der Waals surface area (Å²) in [6, 6.07) is 24.7. The molecule has 2 bridgehead atoms. The second-order valence-electron chi connectivity index (χ2n) is 11.0. The predicted octanol–water partition coefficient (Wildman–Crippen LogP) is 4.38. The Morgan fingerprint density at radius 3 is 2.35 bits per heavy atom. The second kappa shape index (κ2) is 11.8. The van der Waals surface area contributed by atoms with Crippen LogP contribution in [0.4, 0.5) is 13.2 Å². The van der Waals surface area contributed by atoms with E-state index in [2.05, 4.69) is 50.0 Å². The normalized spacial score (nSPS) is 23.4. The zero-order chi connectivity index (χ0) is 30.1. The van der Waals surface area contributed by atoms with Crippen LogP contribution in [-0.2, 0) is 17.5 Å². The number of piperidine rings is 3. The van der Waals surface area contributed by atoms with Gasteiger partial charge < -0.3 is 15.2 Å². The first kappa shape index (κ1) is 28.8. The molecule has 3 aromatic carbocycles. The molecule has 9 nitrogen and oxygen atoms in total. The highest BCUT2D eigenvalue weighted by molar-refractivity contribution is 5.71. The van der Waals surface area contributed by atoms with Gasteiger partial charge in [0.05, 0.1) is 18.7 Å². The number of tetrazole rings is 1. The van der Waals surface area contributed by atoms with Crippen molar-refractivity contribution in [2.75, 3.05) is 20.2 Å². The van der Waals surface area contributed by atoms with E-state index in [1.165, 1.54) is 13.2 Å². The number of aliphatic carboxylic acids is 1. The standard InChI is InChI=1S/C31H31F3N6O3/c1-43-25-13-12-22(40-30(31(32,33)34)36-37-38-40)16-21(25)17-35-27-23-14-15-39(18-24(23)29(41)42)28(27)26(19-8-4-2-5-9-19)20-10-6-3-7-11-20/h2-13,16,23-24,26-28,35H,14-15,17-18H2,1H3,(H,41,42)/t23-,24-,27-,28-/m0/s1. The topological polar surface area (TPSA) is 105 Å². The molecule has 3 fully saturated rings. The molecule has 3 saturated heterocycles. The number of carboxylic acid groups (broad SMARTS) is 1. The van der Waals surface area contributed by atoms with Crippen LogP contribution in [0.2, 0.25) is 0 Å². The average molecular weight is 593 g/mol. The van der Waals surface area contributed by atoms with E-state index in [-0.39, 0.29) is 36.2 Å². The van der Waals surface area contributed by atoms with Gasteiger partial charge in [0.1, 0.15) is 5.75 Å². The minimum absolute atomic E-state index is 0.0405. The first-order chi connectivity index (χ1) is 20.8. The molecule has 43 heavy (non-hydrogen) atoms. The van der Waals surface area contributed by atoms with E-state index in [9.17, 15) is 23.1 Å². The summed E-state index contributed by atoms with van der Waals surface area (Å²) in [6.45, 7) is 1.47. The van der Waals surface area contributed by atoms with E-state index < -0.39 is 23.9 Å². The van der Waals surface area contributed by atoms with Crippen molar-refractivity contribution in [2.45, 2.75) is 37.1 Å². The third-order valence-corrected chi connectivity index (χ3v) is 8.68. The lowest BCUT2D eigenvalue weighted by atomic mass is 9.66. The lowest BCUT2D eigenvalue weighted by molar-refractivity contribution is -0.152. The third-order valence-electron chi connectivity index (χ3n) is 8.68. The van der Waals surface area contributed by atoms with Crippen molar-refractivity contribution in [1.82, 2.24) is 30.4 Å². The largest absolute Gasteiger partial charge is 0.496 e. The minimum atomic E-state index is -4.74. The molecule has 3 aliphatic rings. The lowest BCUT2D eigenvalue weighted by Gasteiger charge is -2.56. The summed E-state index contributed by atoms with van der Waals surface area (Å²) in [7, 11) is 1.50. The van der Waals surface area contributed by atoms with Crippen molar-refractivity contribution in [1.29, 1.82) is 0 Å². The molecule has 5 atom stereocenters. The first-order valence-electron chi connectivity index (χ1n) is 14.1. The number of hydrogen-bond acceptors (Lipinski definition) is 7. The monoisotopic (exact) mass is 592 g/mol. The molecule has 7 rings (SSSR count). The number of alkyl halides is 3. The Kier molecular flexibility index (Phi) is 7.89. The molecule has 12 heteroatoms. The van der Waals surface area contributed by atoms with Gasteiger partial charge in [0.25, 0.3) is 5.82 Å². The number of methoxy groups -OCH3 is 1. The fourth-order valence-electron chi connectivity index (χ4n) is 6.84. The SMILES string of the molecule is COc1ccc(-n2nnnc2C(F)(F)F)cc1CN[C@H]1[C@H]2CCN(C[C@@H]2C(=O)O)[C@H]1C(c1ccccc1)c1ccccc1. The first-order valence-corrected chi connectivity index (χ1v) is 14.1. The van der Waals surface area contributed by atoms with Crippen molar-refractivity contribution >= 4 is 5.97 Å². The molecule has 224 valence electrons. The number of nitrogens with one attached hydrogen (secondary N) is 1. The highest BCUT2D eigenvalue weighted by Crippen LogP contribution is 2.44. The van der Waals surface area contributed by atoms with Crippen LogP contribution in [0.5, 0.6) is 5.75 Å². The van der Waals surface area contributed by atoms with Crippen molar-refractivity contribution in [3.05, 3.63) is 101 Å². The number of halogens is 3. The predicted molar refractivity (Wildman–Crippen MR) is 151 cm³/mol. The van der Waals surface area contributed by atoms with Gasteiger partial charge in [-0.3, -0.25) is 9.69 Å². The summed E-state index contributed by atoms with van der Waals surface area (Å²) in [6.07, 6.45) is -4.02. The zero-order valence-electron chi connectivity index (χ0n) is 23.4. The number of rotatable bonds is 9. The van der Waals surface area contributed by atoms with Gasteiger partial charge in [-0.25, -0.2) is 0 Å². The van der Waals surface area contributed by atoms with Crippen molar-refractivity contribution < 1.29 is 27.8 Å². The summed E-state index contributed by atoms with van der Waals surface area (Å²) in [5.41, 5.74) is 2.99. The number of benzene rings is 3. The molecule has 1 unspecified atom stereocenters. The Labute approximate surface area is 246 Å². The van der Waals surface area contributed by atoms with Crippen LogP contribution in [0.3, 0.4) is 0 Å². The number of fused-ring (bicyclic) bond motifs is 3. The average Bonchev–Trinajstić information content (AvgIpc) is 3.53. The number of hydrogen-bond donors (Lipinski definition) is 2. The van der Waals surface area contributed by atoms with Crippen LogP contribution in [0.1, 0.15) is 34.9 Å². The second-order valence-corrected chi connectivity index (χ2v) is 11.0. The van der Waals surface area contributed by atoms with Gasteiger partial charge in [0.2, 0.25) is 0 Å². The van der Waals surface area contributed by atoms with E-state index in [1.807, 2.05) is 36.4 Å². The van der Waals surface area contributed by atoms with E-state index in [0.717, 1.165) is 24.1 Å². The maximum Gasteiger partial charge on any atom is 0.453 e. The van der Waals surface area contributed by atoms with Crippen molar-refractivity contribution in [3.63, 3.8) is 0 Å². The number of aromatic nitrogens is 4. The molecule has 0 amide bonds. The van der Waals surface area contributed by atoms with Crippen LogP contribution in [-0.4, -0.2) is 68.5 Å². The Morgan fingerprint density at radius 2 is 1.74 bits per heavy atom. The van der Waals surface area contributed by atoms with E-state index in [1.54, 1.807) is 12.1 Å². The number of carbonyl (C=O) groups is 1. The quantitative estimate of drug-likeness (QED) is 0.295. The Hall–Kier alpha value is -4.29. The summed E-state index contributed by atoms with van der Waals surface area (Å²) in [5.74, 6) is -2.30. The number of carboxylic acids is 1. The molecule has 0 radical (unpaired) electrons. The van der Waals surface area contributed by atoms with E-state index >= 15 is 0 Å². The molecule has 2 N–H and O–H groups in total. The van der Waals surface area contributed by atoms with Gasteiger partial charge >= 0.3 is 12.1 Å². The molecule has 4 heterocycles. The van der Waals surface area contributed by atoms with Gasteiger partial charge in [-0.15, -0.1) is 5.10 Å². The van der Waals surface area contributed by atoms with Gasteiger partial charge in [-0.05, 0) is 58.6 Å². The summed E-state index contributed by atoms with van der Waals surface area (Å²) in [5, 5.41) is 23.8. The maximum atomic E-state index is 13.5. The summed E-state index contributed by atoms with van der Waals surface area (Å²) < 4.78 is 46.8. The summed E-state index contributed by atoms with van der Waals surface area (Å²) >= 11 is 0. The molecule has 0 aliphatic carbocycles. The van der Waals surface area contributed by atoms with Crippen molar-refractivity contribution in [3.8, 4) is 11.4 Å². The van der Waals surface area contributed by atoms with Gasteiger partial charge in [-0.2, -0.15) is 17.9 Å². The fourth-order valence-corrected chi connectivity index (χ4v) is 6.84. The van der Waals surface area contributed by atoms with Crippen LogP contribution in [0, 0.1) is 11.8 Å². The van der Waals surface area contributed by atoms with E-state index in [4.69, 9.17) is 4.74 Å². The Morgan fingerprint density at radius 1 is 1.07 bits per heavy atom. The molecular weight excluding hydrogens is 561 g/mol. The van der Waals surface area contributed by atoms with E-state index in [0.29, 0.717) is 22.5 Å². The third kappa shape index (κ3) is 5.59. The Bertz CT molecular complexity index is 1530. The van der Waals surface area contributed by atoms with Crippen molar-refractivity contribution in [2.24, 2.45) is 11.8 Å². The molecular formula is C31H31F3N6O3. The number of ether oxygens (including phenoxy) is 1. The molecule has 0 saturated carbocycles. The molecule has 0 spiro atoms. The number of nitrogens with zero attached hydrogens (tertiary/aromatic N) is 5.